The van der Waals surface area contributed by atoms with Crippen LogP contribution < -0.4 is 5.32 Å². The molecule has 0 heterocycles. The first-order valence-electron chi connectivity index (χ1n) is 8.18. The number of hydrogen-bond acceptors (Lipinski definition) is 1. The van der Waals surface area contributed by atoms with Gasteiger partial charge in [0.25, 0.3) is 0 Å². The summed E-state index contributed by atoms with van der Waals surface area (Å²) in [7, 11) is 0. The molecule has 0 amide bonds. The molecule has 106 valence electrons. The highest BCUT2D eigenvalue weighted by molar-refractivity contribution is 5.44. The molecule has 0 saturated carbocycles. The lowest BCUT2D eigenvalue weighted by Crippen LogP contribution is -2.24. The van der Waals surface area contributed by atoms with Crippen LogP contribution in [-0.2, 0) is 19.3 Å². The Morgan fingerprint density at radius 2 is 1.79 bits per heavy atom. The van der Waals surface area contributed by atoms with E-state index in [0.717, 1.165) is 13.0 Å². The number of hydrogen-bond donors (Lipinski definition) is 1. The van der Waals surface area contributed by atoms with Crippen LogP contribution in [0.1, 0.15) is 74.8 Å². The Morgan fingerprint density at radius 3 is 2.47 bits per heavy atom. The van der Waals surface area contributed by atoms with E-state index >= 15 is 0 Å². The first-order valence-corrected chi connectivity index (χ1v) is 8.18. The fourth-order valence-corrected chi connectivity index (χ4v) is 3.44. The second-order valence-corrected chi connectivity index (χ2v) is 5.74. The van der Waals surface area contributed by atoms with Gasteiger partial charge in [0, 0.05) is 6.04 Å². The van der Waals surface area contributed by atoms with Crippen LogP contribution >= 0.6 is 0 Å². The minimum Gasteiger partial charge on any atom is -0.310 e. The average Bonchev–Trinajstić information content (AvgIpc) is 2.66. The minimum atomic E-state index is 0.596. The van der Waals surface area contributed by atoms with Crippen LogP contribution in [0.15, 0.2) is 12.1 Å². The van der Waals surface area contributed by atoms with Gasteiger partial charge in [0.2, 0.25) is 0 Å². The third kappa shape index (κ3) is 3.20. The maximum Gasteiger partial charge on any atom is 0.0325 e. The lowest BCUT2D eigenvalue weighted by atomic mass is 9.88. The Labute approximate surface area is 118 Å². The van der Waals surface area contributed by atoms with Crippen molar-refractivity contribution in [3.05, 3.63) is 34.4 Å². The summed E-state index contributed by atoms with van der Waals surface area (Å²) in [5.74, 6) is 0. The lowest BCUT2D eigenvalue weighted by Gasteiger charge is -2.24. The molecule has 0 radical (unpaired) electrons. The molecule has 0 fully saturated rings. The predicted molar refractivity (Wildman–Crippen MR) is 83.8 cm³/mol. The van der Waals surface area contributed by atoms with Gasteiger partial charge in [-0.3, -0.25) is 0 Å². The van der Waals surface area contributed by atoms with Crippen molar-refractivity contribution in [1.29, 1.82) is 0 Å². The van der Waals surface area contributed by atoms with E-state index in [9.17, 15) is 0 Å². The van der Waals surface area contributed by atoms with Gasteiger partial charge in [-0.15, -0.1) is 0 Å². The monoisotopic (exact) mass is 259 g/mol. The standard InChI is InChI=1S/C18H29N/c1-4-13-19-17-10-8-7-9-16-14(5-2)11-12-15(6-3)18(16)17/h11-12,17,19H,4-10,13H2,1-3H3. The molecule has 1 aromatic rings. The van der Waals surface area contributed by atoms with Gasteiger partial charge in [0.1, 0.15) is 0 Å². The predicted octanol–water partition coefficient (Wildman–Crippen LogP) is 4.58. The smallest absolute Gasteiger partial charge is 0.0325 e. The topological polar surface area (TPSA) is 12.0 Å². The third-order valence-corrected chi connectivity index (χ3v) is 4.46. The second kappa shape index (κ2) is 7.09. The van der Waals surface area contributed by atoms with E-state index in [1.54, 1.807) is 22.3 Å². The van der Waals surface area contributed by atoms with E-state index in [2.05, 4.69) is 38.2 Å². The Balaban J connectivity index is 2.43. The van der Waals surface area contributed by atoms with Gasteiger partial charge in [-0.05, 0) is 67.3 Å². The second-order valence-electron chi connectivity index (χ2n) is 5.74. The van der Waals surface area contributed by atoms with Crippen molar-refractivity contribution in [3.63, 3.8) is 0 Å². The van der Waals surface area contributed by atoms with Gasteiger partial charge in [-0.2, -0.15) is 0 Å². The molecular weight excluding hydrogens is 230 g/mol. The Kier molecular flexibility index (Phi) is 5.45. The summed E-state index contributed by atoms with van der Waals surface area (Å²) in [6.45, 7) is 7.99. The molecule has 0 saturated heterocycles. The molecule has 19 heavy (non-hydrogen) atoms. The molecular formula is C18H29N. The van der Waals surface area contributed by atoms with Crippen LogP contribution in [0.5, 0.6) is 0 Å². The van der Waals surface area contributed by atoms with Crippen LogP contribution in [0.25, 0.3) is 0 Å². The van der Waals surface area contributed by atoms with E-state index in [0.29, 0.717) is 6.04 Å². The molecule has 0 aliphatic heterocycles. The van der Waals surface area contributed by atoms with Crippen LogP contribution in [-0.4, -0.2) is 6.54 Å². The van der Waals surface area contributed by atoms with Crippen LogP contribution in [0.2, 0.25) is 0 Å². The van der Waals surface area contributed by atoms with Crippen molar-refractivity contribution in [2.24, 2.45) is 0 Å². The average molecular weight is 259 g/mol. The van der Waals surface area contributed by atoms with Gasteiger partial charge in [0.05, 0.1) is 0 Å². The Morgan fingerprint density at radius 1 is 1.05 bits per heavy atom. The maximum atomic E-state index is 3.79. The van der Waals surface area contributed by atoms with Crippen LogP contribution in [0.4, 0.5) is 0 Å². The fourth-order valence-electron chi connectivity index (χ4n) is 3.44. The Hall–Kier alpha value is -0.820. The van der Waals surface area contributed by atoms with E-state index in [1.165, 1.54) is 38.5 Å². The van der Waals surface area contributed by atoms with Crippen molar-refractivity contribution >= 4 is 0 Å². The molecule has 0 aromatic heterocycles. The molecule has 0 bridgehead atoms. The normalized spacial score (nSPS) is 19.0. The van der Waals surface area contributed by atoms with E-state index in [-0.39, 0.29) is 0 Å². The molecule has 1 N–H and O–H groups in total. The largest absolute Gasteiger partial charge is 0.310 e. The van der Waals surface area contributed by atoms with Gasteiger partial charge in [0.15, 0.2) is 0 Å². The molecule has 1 aliphatic carbocycles. The summed E-state index contributed by atoms with van der Waals surface area (Å²) in [6.07, 6.45) is 8.88. The highest BCUT2D eigenvalue weighted by Gasteiger charge is 2.22. The number of rotatable bonds is 5. The molecule has 1 nitrogen and oxygen atoms in total. The highest BCUT2D eigenvalue weighted by atomic mass is 14.9. The minimum absolute atomic E-state index is 0.596. The first-order chi connectivity index (χ1) is 9.31. The molecule has 0 spiro atoms. The molecule has 1 aromatic carbocycles. The zero-order chi connectivity index (χ0) is 13.7. The first kappa shape index (κ1) is 14.6. The molecule has 1 heteroatoms. The fraction of sp³-hybridized carbons (Fsp3) is 0.667. The molecule has 1 unspecified atom stereocenters. The summed E-state index contributed by atoms with van der Waals surface area (Å²) in [5, 5.41) is 3.79. The molecule has 1 atom stereocenters. The van der Waals surface area contributed by atoms with Crippen molar-refractivity contribution in [2.75, 3.05) is 6.54 Å². The van der Waals surface area contributed by atoms with Crippen LogP contribution in [0, 0.1) is 0 Å². The van der Waals surface area contributed by atoms with Crippen molar-refractivity contribution in [1.82, 2.24) is 5.32 Å². The van der Waals surface area contributed by atoms with Gasteiger partial charge < -0.3 is 5.32 Å². The zero-order valence-electron chi connectivity index (χ0n) is 12.9. The SMILES string of the molecule is CCCNC1CCCCc2c(CC)ccc(CC)c21. The van der Waals surface area contributed by atoms with E-state index in [4.69, 9.17) is 0 Å². The molecule has 2 rings (SSSR count). The van der Waals surface area contributed by atoms with Crippen LogP contribution in [0.3, 0.4) is 0 Å². The number of nitrogens with one attached hydrogen (secondary N) is 1. The summed E-state index contributed by atoms with van der Waals surface area (Å²) < 4.78 is 0. The van der Waals surface area contributed by atoms with Crippen molar-refractivity contribution in [3.8, 4) is 0 Å². The highest BCUT2D eigenvalue weighted by Crippen LogP contribution is 2.34. The van der Waals surface area contributed by atoms with E-state index in [1.807, 2.05) is 0 Å². The summed E-state index contributed by atoms with van der Waals surface area (Å²) in [6, 6.07) is 5.35. The maximum absolute atomic E-state index is 3.79. The summed E-state index contributed by atoms with van der Waals surface area (Å²) in [5.41, 5.74) is 6.49. The quantitative estimate of drug-likeness (QED) is 0.763. The van der Waals surface area contributed by atoms with E-state index < -0.39 is 0 Å². The number of aryl methyl sites for hydroxylation is 2. The summed E-state index contributed by atoms with van der Waals surface area (Å²) >= 11 is 0. The zero-order valence-corrected chi connectivity index (χ0v) is 12.9. The lowest BCUT2D eigenvalue weighted by molar-refractivity contribution is 0.487. The van der Waals surface area contributed by atoms with Crippen molar-refractivity contribution < 1.29 is 0 Å². The Bertz CT molecular complexity index is 408. The van der Waals surface area contributed by atoms with Crippen molar-refractivity contribution in [2.45, 2.75) is 71.8 Å². The molecule has 1 aliphatic rings. The number of benzene rings is 1. The summed E-state index contributed by atoms with van der Waals surface area (Å²) in [4.78, 5) is 0. The van der Waals surface area contributed by atoms with Gasteiger partial charge in [-0.25, -0.2) is 0 Å². The number of fused-ring (bicyclic) bond motifs is 1. The van der Waals surface area contributed by atoms with Gasteiger partial charge >= 0.3 is 0 Å². The third-order valence-electron chi connectivity index (χ3n) is 4.46. The van der Waals surface area contributed by atoms with Gasteiger partial charge in [-0.1, -0.05) is 39.3 Å².